The lowest BCUT2D eigenvalue weighted by Crippen LogP contribution is -2.34. The van der Waals surface area contributed by atoms with Crippen molar-refractivity contribution in [3.63, 3.8) is 0 Å². The maximum atomic E-state index is 11.4. The second kappa shape index (κ2) is 6.22. The molecular formula is C11H14O5. The highest BCUT2D eigenvalue weighted by Gasteiger charge is 2.17. The molecule has 0 spiro atoms. The topological polar surface area (TPSA) is 87.0 Å². The van der Waals surface area contributed by atoms with Gasteiger partial charge in [0.05, 0.1) is 12.2 Å². The fourth-order valence-corrected chi connectivity index (χ4v) is 1.05. The van der Waals surface area contributed by atoms with Crippen LogP contribution in [-0.2, 0) is 4.74 Å². The molecule has 2 atom stereocenters. The molecule has 0 radical (unpaired) electrons. The average molecular weight is 226 g/mol. The van der Waals surface area contributed by atoms with Crippen LogP contribution in [0.15, 0.2) is 30.3 Å². The Labute approximate surface area is 92.9 Å². The number of aliphatic hydroxyl groups excluding tert-OH is 3. The van der Waals surface area contributed by atoms with Crippen molar-refractivity contribution in [3.8, 4) is 0 Å². The summed E-state index contributed by atoms with van der Waals surface area (Å²) in [6.45, 7) is -0.931. The van der Waals surface area contributed by atoms with Gasteiger partial charge in [-0.05, 0) is 12.1 Å². The van der Waals surface area contributed by atoms with Crippen molar-refractivity contribution in [1.29, 1.82) is 0 Å². The van der Waals surface area contributed by atoms with Crippen molar-refractivity contribution >= 4 is 5.97 Å². The number of rotatable bonds is 5. The smallest absolute Gasteiger partial charge is 0.338 e. The summed E-state index contributed by atoms with van der Waals surface area (Å²) in [6, 6.07) is 8.31. The van der Waals surface area contributed by atoms with E-state index in [-0.39, 0.29) is 6.61 Å². The lowest BCUT2D eigenvalue weighted by Gasteiger charge is -2.15. The van der Waals surface area contributed by atoms with Crippen molar-refractivity contribution in [1.82, 2.24) is 0 Å². The van der Waals surface area contributed by atoms with Gasteiger partial charge < -0.3 is 20.1 Å². The first-order valence-corrected chi connectivity index (χ1v) is 4.84. The lowest BCUT2D eigenvalue weighted by atomic mass is 10.2. The number of carbonyl (C=O) groups is 1. The Bertz CT molecular complexity index is 324. The molecule has 0 bridgehead atoms. The Morgan fingerprint density at radius 2 is 1.81 bits per heavy atom. The van der Waals surface area contributed by atoms with Crippen molar-refractivity contribution < 1.29 is 24.9 Å². The summed E-state index contributed by atoms with van der Waals surface area (Å²) in [6.07, 6.45) is -2.58. The van der Waals surface area contributed by atoms with Gasteiger partial charge in [-0.3, -0.25) is 0 Å². The summed E-state index contributed by atoms with van der Waals surface area (Å²) in [4.78, 5) is 11.4. The molecule has 1 rings (SSSR count). The van der Waals surface area contributed by atoms with Crippen LogP contribution >= 0.6 is 0 Å². The highest BCUT2D eigenvalue weighted by molar-refractivity contribution is 5.89. The summed E-state index contributed by atoms with van der Waals surface area (Å²) in [5.41, 5.74) is 0.369. The summed E-state index contributed by atoms with van der Waals surface area (Å²) >= 11 is 0. The number of carbonyl (C=O) groups excluding carboxylic acids is 1. The zero-order valence-electron chi connectivity index (χ0n) is 8.61. The van der Waals surface area contributed by atoms with Crippen molar-refractivity contribution in [2.75, 3.05) is 13.2 Å². The molecule has 1 aromatic carbocycles. The summed E-state index contributed by atoms with van der Waals surface area (Å²) in [5, 5.41) is 26.8. The summed E-state index contributed by atoms with van der Waals surface area (Å²) in [7, 11) is 0. The molecule has 0 aliphatic heterocycles. The Kier molecular flexibility index (Phi) is 4.91. The van der Waals surface area contributed by atoms with Gasteiger partial charge in [-0.2, -0.15) is 0 Å². The van der Waals surface area contributed by atoms with Gasteiger partial charge in [0, 0.05) is 0 Å². The minimum Gasteiger partial charge on any atom is -0.459 e. The molecule has 0 unspecified atom stereocenters. The molecule has 0 amide bonds. The number of esters is 1. The van der Waals surface area contributed by atoms with Gasteiger partial charge in [0.15, 0.2) is 0 Å². The first kappa shape index (κ1) is 12.6. The summed E-state index contributed by atoms with van der Waals surface area (Å²) in [5.74, 6) is -0.579. The number of ether oxygens (including phenoxy) is 1. The van der Waals surface area contributed by atoms with Crippen LogP contribution in [0.25, 0.3) is 0 Å². The maximum Gasteiger partial charge on any atom is 0.338 e. The number of aliphatic hydroxyl groups is 3. The molecule has 3 N–H and O–H groups in total. The van der Waals surface area contributed by atoms with Crippen molar-refractivity contribution in [2.45, 2.75) is 12.2 Å². The predicted octanol–water partition coefficient (Wildman–Crippen LogP) is -0.443. The van der Waals surface area contributed by atoms with Crippen LogP contribution in [0, 0.1) is 0 Å². The van der Waals surface area contributed by atoms with Gasteiger partial charge in [0.2, 0.25) is 0 Å². The van der Waals surface area contributed by atoms with Crippen molar-refractivity contribution in [3.05, 3.63) is 35.9 Å². The fraction of sp³-hybridized carbons (Fsp3) is 0.364. The third-order valence-electron chi connectivity index (χ3n) is 2.03. The molecule has 5 nitrogen and oxygen atoms in total. The molecule has 88 valence electrons. The van der Waals surface area contributed by atoms with Crippen LogP contribution in [0.1, 0.15) is 10.4 Å². The molecule has 0 saturated carbocycles. The molecule has 16 heavy (non-hydrogen) atoms. The third-order valence-corrected chi connectivity index (χ3v) is 2.03. The summed E-state index contributed by atoms with van der Waals surface area (Å²) < 4.78 is 4.75. The molecule has 0 heterocycles. The van der Waals surface area contributed by atoms with E-state index in [4.69, 9.17) is 14.9 Å². The van der Waals surface area contributed by atoms with E-state index in [0.717, 1.165) is 0 Å². The fourth-order valence-electron chi connectivity index (χ4n) is 1.05. The number of benzene rings is 1. The van der Waals surface area contributed by atoms with Crippen LogP contribution in [0.4, 0.5) is 0 Å². The van der Waals surface area contributed by atoms with E-state index in [1.807, 2.05) is 0 Å². The van der Waals surface area contributed by atoms with Crippen LogP contribution < -0.4 is 0 Å². The van der Waals surface area contributed by atoms with Crippen LogP contribution in [0.5, 0.6) is 0 Å². The van der Waals surface area contributed by atoms with Crippen LogP contribution in [-0.4, -0.2) is 46.7 Å². The van der Waals surface area contributed by atoms with Gasteiger partial charge in [-0.1, -0.05) is 18.2 Å². The van der Waals surface area contributed by atoms with Crippen LogP contribution in [0.3, 0.4) is 0 Å². The first-order valence-electron chi connectivity index (χ1n) is 4.84. The normalized spacial score (nSPS) is 14.2. The Hall–Kier alpha value is -1.43. The quantitative estimate of drug-likeness (QED) is 0.592. The van der Waals surface area contributed by atoms with E-state index < -0.39 is 24.8 Å². The van der Waals surface area contributed by atoms with Gasteiger partial charge in [-0.15, -0.1) is 0 Å². The first-order chi connectivity index (χ1) is 7.65. The average Bonchev–Trinajstić information content (AvgIpc) is 2.35. The Morgan fingerprint density at radius 3 is 2.38 bits per heavy atom. The van der Waals surface area contributed by atoms with Gasteiger partial charge >= 0.3 is 5.97 Å². The number of hydrogen-bond donors (Lipinski definition) is 3. The van der Waals surface area contributed by atoms with Crippen molar-refractivity contribution in [2.24, 2.45) is 0 Å². The van der Waals surface area contributed by atoms with Crippen LogP contribution in [0.2, 0.25) is 0 Å². The third kappa shape index (κ3) is 3.62. The van der Waals surface area contributed by atoms with E-state index in [1.54, 1.807) is 30.3 Å². The van der Waals surface area contributed by atoms with Gasteiger partial charge in [0.25, 0.3) is 0 Å². The van der Waals surface area contributed by atoms with E-state index >= 15 is 0 Å². The molecule has 0 aliphatic carbocycles. The van der Waals surface area contributed by atoms with E-state index in [2.05, 4.69) is 0 Å². The molecular weight excluding hydrogens is 212 g/mol. The monoisotopic (exact) mass is 226 g/mol. The predicted molar refractivity (Wildman–Crippen MR) is 55.8 cm³/mol. The molecule has 1 aromatic rings. The lowest BCUT2D eigenvalue weighted by molar-refractivity contribution is -0.0467. The molecule has 0 saturated heterocycles. The maximum absolute atomic E-state index is 11.4. The van der Waals surface area contributed by atoms with E-state index in [9.17, 15) is 9.90 Å². The molecule has 5 heteroatoms. The highest BCUT2D eigenvalue weighted by Crippen LogP contribution is 2.02. The molecule has 0 aliphatic rings. The SMILES string of the molecule is O=C(OC[C@H](O)[C@H](O)CO)c1ccccc1. The van der Waals surface area contributed by atoms with Gasteiger partial charge in [-0.25, -0.2) is 4.79 Å². The zero-order valence-corrected chi connectivity index (χ0v) is 8.61. The zero-order chi connectivity index (χ0) is 12.0. The molecule has 0 aromatic heterocycles. The second-order valence-corrected chi connectivity index (χ2v) is 3.28. The molecule has 0 fully saturated rings. The van der Waals surface area contributed by atoms with E-state index in [1.165, 1.54) is 0 Å². The second-order valence-electron chi connectivity index (χ2n) is 3.28. The Morgan fingerprint density at radius 1 is 1.19 bits per heavy atom. The largest absolute Gasteiger partial charge is 0.459 e. The highest BCUT2D eigenvalue weighted by atomic mass is 16.5. The standard InChI is InChI=1S/C11H14O5/c12-6-9(13)10(14)7-16-11(15)8-4-2-1-3-5-8/h1-5,9-10,12-14H,6-7H2/t9-,10+/m1/s1. The van der Waals surface area contributed by atoms with E-state index in [0.29, 0.717) is 5.56 Å². The minimum absolute atomic E-state index is 0.352. The minimum atomic E-state index is -1.30. The Balaban J connectivity index is 2.42. The van der Waals surface area contributed by atoms with Gasteiger partial charge in [0.1, 0.15) is 18.8 Å². The number of hydrogen-bond acceptors (Lipinski definition) is 5.